The van der Waals surface area contributed by atoms with E-state index in [0.29, 0.717) is 10.1 Å². The first kappa shape index (κ1) is 17.7. The monoisotopic (exact) mass is 388 g/mol. The van der Waals surface area contributed by atoms with Gasteiger partial charge in [0.05, 0.1) is 17.4 Å². The van der Waals surface area contributed by atoms with Crippen molar-refractivity contribution in [1.29, 1.82) is 0 Å². The number of aromatic carboxylic acids is 1. The molecule has 4 aromatic rings. The van der Waals surface area contributed by atoms with Gasteiger partial charge in [0.1, 0.15) is 11.1 Å². The predicted molar refractivity (Wildman–Crippen MR) is 93.2 cm³/mol. The maximum Gasteiger partial charge on any atom is 0.421 e. The Labute approximate surface area is 154 Å². The third-order valence-electron chi connectivity index (χ3n) is 4.37. The Balaban J connectivity index is 2.00. The molecule has 0 unspecified atom stereocenters. The number of nitrogens with one attached hydrogen (secondary N) is 1. The first-order valence-corrected chi connectivity index (χ1v) is 7.98. The molecule has 0 amide bonds. The molecule has 3 heterocycles. The van der Waals surface area contributed by atoms with Crippen LogP contribution >= 0.6 is 0 Å². The van der Waals surface area contributed by atoms with E-state index in [1.807, 2.05) is 19.1 Å². The fourth-order valence-corrected chi connectivity index (χ4v) is 3.09. The molecular formula is C18H11F3N4O3. The second-order valence-electron chi connectivity index (χ2n) is 6.18. The molecule has 2 N–H and O–H groups in total. The largest absolute Gasteiger partial charge is 0.476 e. The minimum absolute atomic E-state index is 0.156. The number of aryl methyl sites for hydroxylation is 1. The number of halogens is 3. The van der Waals surface area contributed by atoms with Gasteiger partial charge in [0, 0.05) is 17.1 Å². The fraction of sp³-hybridized carbons (Fsp3) is 0.111. The van der Waals surface area contributed by atoms with Crippen molar-refractivity contribution in [2.75, 3.05) is 0 Å². The van der Waals surface area contributed by atoms with E-state index in [1.165, 1.54) is 6.20 Å². The number of benzene rings is 1. The van der Waals surface area contributed by atoms with Crippen molar-refractivity contribution in [3.63, 3.8) is 0 Å². The van der Waals surface area contributed by atoms with E-state index in [9.17, 15) is 22.8 Å². The minimum atomic E-state index is -5.05. The SMILES string of the molecule is Cc1cccc2ncc(-c3cn4nc(C(=O)O)c(C(F)(F)F)c4c(=O)[nH]3)cc12. The summed E-state index contributed by atoms with van der Waals surface area (Å²) >= 11 is 0. The van der Waals surface area contributed by atoms with Crippen molar-refractivity contribution in [3.8, 4) is 11.3 Å². The molecule has 0 spiro atoms. The third-order valence-corrected chi connectivity index (χ3v) is 4.37. The number of fused-ring (bicyclic) bond motifs is 2. The Kier molecular flexibility index (Phi) is 3.74. The number of rotatable bonds is 2. The lowest BCUT2D eigenvalue weighted by Crippen LogP contribution is -2.17. The summed E-state index contributed by atoms with van der Waals surface area (Å²) in [7, 11) is 0. The van der Waals surface area contributed by atoms with Crippen LogP contribution in [0, 0.1) is 6.92 Å². The smallest absolute Gasteiger partial charge is 0.421 e. The number of carbonyl (C=O) groups is 1. The van der Waals surface area contributed by atoms with E-state index >= 15 is 0 Å². The van der Waals surface area contributed by atoms with Gasteiger partial charge in [-0.25, -0.2) is 9.31 Å². The summed E-state index contributed by atoms with van der Waals surface area (Å²) < 4.78 is 40.6. The van der Waals surface area contributed by atoms with Crippen molar-refractivity contribution in [1.82, 2.24) is 19.6 Å². The Morgan fingerprint density at radius 3 is 2.71 bits per heavy atom. The standard InChI is InChI=1S/C18H11F3N4O3/c1-8-3-2-4-11-10(8)5-9(6-22-11)12-7-25-15(16(26)23-12)13(18(19,20)21)14(24-25)17(27)28/h2-7H,1H3,(H,23,26)(H,27,28). The second kappa shape index (κ2) is 5.91. The molecule has 28 heavy (non-hydrogen) atoms. The zero-order valence-corrected chi connectivity index (χ0v) is 14.2. The van der Waals surface area contributed by atoms with Gasteiger partial charge < -0.3 is 10.1 Å². The first-order chi connectivity index (χ1) is 13.2. The van der Waals surface area contributed by atoms with Crippen LogP contribution in [0.5, 0.6) is 0 Å². The van der Waals surface area contributed by atoms with E-state index in [0.717, 1.165) is 22.7 Å². The number of nitrogens with zero attached hydrogens (tertiary/aromatic N) is 3. The average Bonchev–Trinajstić information content (AvgIpc) is 3.03. The molecule has 0 radical (unpaired) electrons. The zero-order chi connectivity index (χ0) is 20.2. The van der Waals surface area contributed by atoms with Crippen molar-refractivity contribution in [3.05, 3.63) is 63.8 Å². The highest BCUT2D eigenvalue weighted by Gasteiger charge is 2.41. The lowest BCUT2D eigenvalue weighted by Gasteiger charge is -2.07. The number of aromatic nitrogens is 4. The highest BCUT2D eigenvalue weighted by atomic mass is 19.4. The second-order valence-corrected chi connectivity index (χ2v) is 6.18. The summed E-state index contributed by atoms with van der Waals surface area (Å²) in [4.78, 5) is 30.2. The molecule has 0 atom stereocenters. The highest BCUT2D eigenvalue weighted by Crippen LogP contribution is 2.34. The number of hydrogen-bond donors (Lipinski definition) is 2. The van der Waals surface area contributed by atoms with Gasteiger partial charge in [0.15, 0.2) is 5.69 Å². The molecule has 142 valence electrons. The van der Waals surface area contributed by atoms with E-state index in [2.05, 4.69) is 15.1 Å². The molecule has 0 fully saturated rings. The molecule has 3 aromatic heterocycles. The normalized spacial score (nSPS) is 12.0. The van der Waals surface area contributed by atoms with Gasteiger partial charge in [-0.2, -0.15) is 18.3 Å². The zero-order valence-electron chi connectivity index (χ0n) is 14.2. The summed E-state index contributed by atoms with van der Waals surface area (Å²) in [6.07, 6.45) is -2.45. The molecule has 7 nitrogen and oxygen atoms in total. The van der Waals surface area contributed by atoms with Crippen LogP contribution in [0.15, 0.2) is 41.5 Å². The summed E-state index contributed by atoms with van der Waals surface area (Å²) in [6.45, 7) is 1.88. The molecule has 0 saturated carbocycles. The van der Waals surface area contributed by atoms with Gasteiger partial charge in [-0.05, 0) is 24.6 Å². The van der Waals surface area contributed by atoms with Crippen LogP contribution in [0.2, 0.25) is 0 Å². The van der Waals surface area contributed by atoms with Crippen LogP contribution in [0.4, 0.5) is 13.2 Å². The van der Waals surface area contributed by atoms with Gasteiger partial charge in [-0.15, -0.1) is 0 Å². The van der Waals surface area contributed by atoms with E-state index in [-0.39, 0.29) is 5.69 Å². The molecule has 0 aliphatic heterocycles. The molecule has 0 bridgehead atoms. The number of aromatic amines is 1. The number of alkyl halides is 3. The Bertz CT molecular complexity index is 1320. The Hall–Kier alpha value is -3.69. The number of pyridine rings is 1. The number of carboxylic acids is 1. The Morgan fingerprint density at radius 1 is 1.29 bits per heavy atom. The highest BCUT2D eigenvalue weighted by molar-refractivity contribution is 5.90. The first-order valence-electron chi connectivity index (χ1n) is 7.98. The van der Waals surface area contributed by atoms with Crippen LogP contribution in [-0.2, 0) is 6.18 Å². The van der Waals surface area contributed by atoms with Crippen molar-refractivity contribution in [2.24, 2.45) is 0 Å². The molecule has 0 saturated heterocycles. The number of hydrogen-bond acceptors (Lipinski definition) is 4. The molecule has 0 aliphatic carbocycles. The maximum atomic E-state index is 13.3. The third kappa shape index (κ3) is 2.70. The van der Waals surface area contributed by atoms with Crippen LogP contribution in [-0.4, -0.2) is 30.7 Å². The van der Waals surface area contributed by atoms with Gasteiger partial charge in [-0.3, -0.25) is 9.78 Å². The number of carboxylic acid groups (broad SMARTS) is 1. The average molecular weight is 388 g/mol. The van der Waals surface area contributed by atoms with Gasteiger partial charge >= 0.3 is 12.1 Å². The molecular weight excluding hydrogens is 377 g/mol. The fourth-order valence-electron chi connectivity index (χ4n) is 3.09. The van der Waals surface area contributed by atoms with Gasteiger partial charge in [-0.1, -0.05) is 12.1 Å². The lowest BCUT2D eigenvalue weighted by atomic mass is 10.1. The Morgan fingerprint density at radius 2 is 2.04 bits per heavy atom. The summed E-state index contributed by atoms with van der Waals surface area (Å²) in [5.74, 6) is -1.88. The number of H-pyrrole nitrogens is 1. The molecule has 10 heteroatoms. The molecule has 4 rings (SSSR count). The van der Waals surface area contributed by atoms with Crippen LogP contribution in [0.3, 0.4) is 0 Å². The molecule has 0 aliphatic rings. The van der Waals surface area contributed by atoms with Crippen molar-refractivity contribution < 1.29 is 23.1 Å². The van der Waals surface area contributed by atoms with E-state index < -0.39 is 34.5 Å². The van der Waals surface area contributed by atoms with Crippen molar-refractivity contribution >= 4 is 22.4 Å². The van der Waals surface area contributed by atoms with E-state index in [4.69, 9.17) is 5.11 Å². The molecule has 1 aromatic carbocycles. The van der Waals surface area contributed by atoms with Gasteiger partial charge in [0.2, 0.25) is 0 Å². The lowest BCUT2D eigenvalue weighted by molar-refractivity contribution is -0.136. The van der Waals surface area contributed by atoms with E-state index in [1.54, 1.807) is 12.1 Å². The minimum Gasteiger partial charge on any atom is -0.476 e. The van der Waals surface area contributed by atoms with Crippen molar-refractivity contribution in [2.45, 2.75) is 13.1 Å². The van der Waals surface area contributed by atoms with Crippen LogP contribution in [0.1, 0.15) is 21.6 Å². The maximum absolute atomic E-state index is 13.3. The summed E-state index contributed by atoms with van der Waals surface area (Å²) in [5.41, 5.74) is -2.54. The van der Waals surface area contributed by atoms with Crippen LogP contribution < -0.4 is 5.56 Å². The summed E-state index contributed by atoms with van der Waals surface area (Å²) in [5, 5.41) is 13.3. The summed E-state index contributed by atoms with van der Waals surface area (Å²) in [6, 6.07) is 7.26. The quantitative estimate of drug-likeness (QED) is 0.549. The van der Waals surface area contributed by atoms with Gasteiger partial charge in [0.25, 0.3) is 5.56 Å². The predicted octanol–water partition coefficient (Wildman–Crippen LogP) is 3.26. The topological polar surface area (TPSA) is 100 Å². The van der Waals surface area contributed by atoms with Crippen LogP contribution in [0.25, 0.3) is 27.7 Å².